The van der Waals surface area contributed by atoms with Gasteiger partial charge < -0.3 is 10.2 Å². The summed E-state index contributed by atoms with van der Waals surface area (Å²) in [5.41, 5.74) is 4.12. The van der Waals surface area contributed by atoms with Crippen molar-refractivity contribution in [2.45, 2.75) is 13.5 Å². The Morgan fingerprint density at radius 1 is 1.07 bits per heavy atom. The molecule has 1 saturated heterocycles. The molecule has 4 rings (SSSR count). The van der Waals surface area contributed by atoms with Gasteiger partial charge in [-0.1, -0.05) is 35.4 Å². The van der Waals surface area contributed by atoms with Crippen LogP contribution in [0.1, 0.15) is 11.1 Å². The van der Waals surface area contributed by atoms with E-state index in [0.717, 1.165) is 46.8 Å². The molecule has 0 saturated carbocycles. The summed E-state index contributed by atoms with van der Waals surface area (Å²) in [6.07, 6.45) is 1.80. The molecule has 5 nitrogen and oxygen atoms in total. The van der Waals surface area contributed by atoms with Crippen molar-refractivity contribution in [2.75, 3.05) is 31.5 Å². The summed E-state index contributed by atoms with van der Waals surface area (Å²) in [5.74, 6) is 0. The minimum atomic E-state index is -0.0397. The summed E-state index contributed by atoms with van der Waals surface area (Å²) >= 11 is 6.30. The standard InChI is InChI=1S/C22H23ClN4O/c1-16-4-7-18(8-5-16)25-22(28)27-13-11-26(12-14-27)15-17-6-9-20(23)19-3-2-10-24-21(17)19/h2-10H,11-15H2,1H3,(H,25,28). The zero-order chi connectivity index (χ0) is 19.5. The van der Waals surface area contributed by atoms with Crippen LogP contribution < -0.4 is 5.32 Å². The van der Waals surface area contributed by atoms with E-state index in [4.69, 9.17) is 11.6 Å². The van der Waals surface area contributed by atoms with Crippen LogP contribution in [0.25, 0.3) is 10.9 Å². The van der Waals surface area contributed by atoms with Crippen LogP contribution in [0.15, 0.2) is 54.7 Å². The first-order chi connectivity index (χ1) is 13.6. The van der Waals surface area contributed by atoms with Gasteiger partial charge in [0.15, 0.2) is 0 Å². The maximum Gasteiger partial charge on any atom is 0.321 e. The summed E-state index contributed by atoms with van der Waals surface area (Å²) < 4.78 is 0. The number of hydrogen-bond acceptors (Lipinski definition) is 3. The number of nitrogens with one attached hydrogen (secondary N) is 1. The lowest BCUT2D eigenvalue weighted by Crippen LogP contribution is -2.49. The van der Waals surface area contributed by atoms with Crippen LogP contribution in [0.3, 0.4) is 0 Å². The zero-order valence-corrected chi connectivity index (χ0v) is 16.6. The van der Waals surface area contributed by atoms with Crippen LogP contribution in [-0.4, -0.2) is 47.0 Å². The Bertz CT molecular complexity index is 981. The number of carbonyl (C=O) groups excluding carboxylic acids is 1. The molecule has 3 aromatic rings. The van der Waals surface area contributed by atoms with Crippen molar-refractivity contribution >= 4 is 34.2 Å². The van der Waals surface area contributed by atoms with E-state index in [1.54, 1.807) is 6.20 Å². The highest BCUT2D eigenvalue weighted by atomic mass is 35.5. The first-order valence-electron chi connectivity index (χ1n) is 9.47. The van der Waals surface area contributed by atoms with Gasteiger partial charge in [0.2, 0.25) is 0 Å². The van der Waals surface area contributed by atoms with E-state index < -0.39 is 0 Å². The van der Waals surface area contributed by atoms with Crippen LogP contribution in [-0.2, 0) is 6.54 Å². The number of aryl methyl sites for hydroxylation is 1. The summed E-state index contributed by atoms with van der Waals surface area (Å²) in [6.45, 7) is 5.91. The number of carbonyl (C=O) groups is 1. The van der Waals surface area contributed by atoms with E-state index in [2.05, 4.69) is 15.2 Å². The van der Waals surface area contributed by atoms with E-state index in [1.807, 2.05) is 60.4 Å². The van der Waals surface area contributed by atoms with E-state index >= 15 is 0 Å². The second kappa shape index (κ2) is 8.17. The predicted molar refractivity (Wildman–Crippen MR) is 114 cm³/mol. The number of aromatic nitrogens is 1. The average molecular weight is 395 g/mol. The number of halogens is 1. The molecule has 1 aliphatic rings. The molecule has 0 radical (unpaired) electrons. The van der Waals surface area contributed by atoms with E-state index in [9.17, 15) is 4.79 Å². The SMILES string of the molecule is Cc1ccc(NC(=O)N2CCN(Cc3ccc(Cl)c4cccnc34)CC2)cc1. The monoisotopic (exact) mass is 394 g/mol. The Morgan fingerprint density at radius 3 is 2.57 bits per heavy atom. The second-order valence-corrected chi connectivity index (χ2v) is 7.57. The lowest BCUT2D eigenvalue weighted by Gasteiger charge is -2.34. The lowest BCUT2D eigenvalue weighted by atomic mass is 10.1. The normalized spacial score (nSPS) is 15.0. The van der Waals surface area contributed by atoms with Gasteiger partial charge in [0.1, 0.15) is 0 Å². The molecule has 0 unspecified atom stereocenters. The predicted octanol–water partition coefficient (Wildman–Crippen LogP) is 4.55. The highest BCUT2D eigenvalue weighted by molar-refractivity contribution is 6.35. The topological polar surface area (TPSA) is 48.5 Å². The molecule has 2 heterocycles. The number of amides is 2. The molecular weight excluding hydrogens is 372 g/mol. The smallest absolute Gasteiger partial charge is 0.321 e. The van der Waals surface area contributed by atoms with Crippen molar-refractivity contribution in [3.05, 3.63) is 70.9 Å². The fourth-order valence-corrected chi connectivity index (χ4v) is 3.73. The van der Waals surface area contributed by atoms with Gasteiger partial charge in [0, 0.05) is 55.0 Å². The highest BCUT2D eigenvalue weighted by Gasteiger charge is 2.22. The van der Waals surface area contributed by atoms with Gasteiger partial charge in [-0.15, -0.1) is 0 Å². The number of pyridine rings is 1. The van der Waals surface area contributed by atoms with Crippen molar-refractivity contribution in [2.24, 2.45) is 0 Å². The third-order valence-corrected chi connectivity index (χ3v) is 5.49. The quantitative estimate of drug-likeness (QED) is 0.709. The molecule has 0 atom stereocenters. The summed E-state index contributed by atoms with van der Waals surface area (Å²) in [7, 11) is 0. The Kier molecular flexibility index (Phi) is 5.46. The van der Waals surface area contributed by atoms with Gasteiger partial charge in [0.05, 0.1) is 5.52 Å². The number of benzene rings is 2. The van der Waals surface area contributed by atoms with Crippen LogP contribution in [0.2, 0.25) is 5.02 Å². The molecule has 1 N–H and O–H groups in total. The van der Waals surface area contributed by atoms with Gasteiger partial charge in [0.25, 0.3) is 0 Å². The van der Waals surface area contributed by atoms with Crippen molar-refractivity contribution < 1.29 is 4.79 Å². The molecular formula is C22H23ClN4O. The van der Waals surface area contributed by atoms with Crippen molar-refractivity contribution in [3.63, 3.8) is 0 Å². The zero-order valence-electron chi connectivity index (χ0n) is 15.9. The molecule has 0 aliphatic carbocycles. The fourth-order valence-electron chi connectivity index (χ4n) is 3.51. The molecule has 1 fully saturated rings. The molecule has 1 aliphatic heterocycles. The second-order valence-electron chi connectivity index (χ2n) is 7.17. The fraction of sp³-hybridized carbons (Fsp3) is 0.273. The van der Waals surface area contributed by atoms with E-state index in [-0.39, 0.29) is 6.03 Å². The summed E-state index contributed by atoms with van der Waals surface area (Å²) in [6, 6.07) is 15.7. The highest BCUT2D eigenvalue weighted by Crippen LogP contribution is 2.26. The Hall–Kier alpha value is -2.63. The number of hydrogen-bond donors (Lipinski definition) is 1. The van der Waals surface area contributed by atoms with Crippen molar-refractivity contribution in [3.8, 4) is 0 Å². The molecule has 6 heteroatoms. The van der Waals surface area contributed by atoms with Crippen molar-refractivity contribution in [1.82, 2.24) is 14.8 Å². The van der Waals surface area contributed by atoms with Crippen LogP contribution in [0.5, 0.6) is 0 Å². The number of nitrogens with zero attached hydrogens (tertiary/aromatic N) is 3. The van der Waals surface area contributed by atoms with Gasteiger partial charge in [-0.2, -0.15) is 0 Å². The van der Waals surface area contributed by atoms with Gasteiger partial charge in [-0.05, 0) is 42.8 Å². The largest absolute Gasteiger partial charge is 0.322 e. The molecule has 1 aromatic heterocycles. The van der Waals surface area contributed by atoms with Crippen LogP contribution >= 0.6 is 11.6 Å². The van der Waals surface area contributed by atoms with Gasteiger partial charge in [-0.3, -0.25) is 9.88 Å². The molecule has 144 valence electrons. The van der Waals surface area contributed by atoms with Gasteiger partial charge >= 0.3 is 6.03 Å². The maximum atomic E-state index is 12.5. The van der Waals surface area contributed by atoms with E-state index in [0.29, 0.717) is 13.1 Å². The molecule has 2 amide bonds. The third kappa shape index (κ3) is 4.11. The number of urea groups is 1. The lowest BCUT2D eigenvalue weighted by molar-refractivity contribution is 0.143. The Morgan fingerprint density at radius 2 is 1.82 bits per heavy atom. The van der Waals surface area contributed by atoms with Gasteiger partial charge in [-0.25, -0.2) is 4.79 Å². The molecule has 2 aromatic carbocycles. The number of rotatable bonds is 3. The van der Waals surface area contributed by atoms with E-state index in [1.165, 1.54) is 5.56 Å². The van der Waals surface area contributed by atoms with Crippen LogP contribution in [0.4, 0.5) is 10.5 Å². The first-order valence-corrected chi connectivity index (χ1v) is 9.85. The molecule has 28 heavy (non-hydrogen) atoms. The molecule has 0 spiro atoms. The number of fused-ring (bicyclic) bond motifs is 1. The summed E-state index contributed by atoms with van der Waals surface area (Å²) in [5, 5.41) is 4.69. The maximum absolute atomic E-state index is 12.5. The minimum absolute atomic E-state index is 0.0397. The Labute approximate surface area is 169 Å². The number of piperazine rings is 1. The van der Waals surface area contributed by atoms with Crippen molar-refractivity contribution in [1.29, 1.82) is 0 Å². The van der Waals surface area contributed by atoms with Crippen LogP contribution in [0, 0.1) is 6.92 Å². The third-order valence-electron chi connectivity index (χ3n) is 5.16. The average Bonchev–Trinajstić information content (AvgIpc) is 2.72. The first kappa shape index (κ1) is 18.7. The summed E-state index contributed by atoms with van der Waals surface area (Å²) in [4.78, 5) is 21.2. The molecule has 0 bridgehead atoms. The Balaban J connectivity index is 1.36. The minimum Gasteiger partial charge on any atom is -0.322 e. The number of anilines is 1.